The number of hydrogen-bond acceptors (Lipinski definition) is 1. The molecule has 0 N–H and O–H groups in total. The predicted octanol–water partition coefficient (Wildman–Crippen LogP) is 5.84. The maximum Gasteiger partial charge on any atom is 0.121 e. The summed E-state index contributed by atoms with van der Waals surface area (Å²) in [6.07, 6.45) is 5.92. The number of alkyl halides is 1. The van der Waals surface area contributed by atoms with E-state index < -0.39 is 11.7 Å². The number of nitrogens with zero attached hydrogens (tertiary/aromatic N) is 1. The standard InChI is InChI=1S/C16H33F2N/c1-5-9-13-16(12-8-4,15(17)11-7-3)19(18)14-10-6-2/h15H,5-14H2,1-4H3. The molecule has 19 heavy (non-hydrogen) atoms. The van der Waals surface area contributed by atoms with Gasteiger partial charge in [-0.15, -0.1) is 9.60 Å². The second-order valence-electron chi connectivity index (χ2n) is 5.65. The Labute approximate surface area is 118 Å². The molecule has 0 aromatic heterocycles. The zero-order valence-corrected chi connectivity index (χ0v) is 13.4. The van der Waals surface area contributed by atoms with Crippen LogP contribution in [0.25, 0.3) is 0 Å². The molecule has 3 heteroatoms. The van der Waals surface area contributed by atoms with Crippen LogP contribution in [0.3, 0.4) is 0 Å². The molecule has 0 bridgehead atoms. The second-order valence-corrected chi connectivity index (χ2v) is 5.65. The van der Waals surface area contributed by atoms with Crippen molar-refractivity contribution >= 4 is 0 Å². The van der Waals surface area contributed by atoms with Gasteiger partial charge in [-0.05, 0) is 25.7 Å². The van der Waals surface area contributed by atoms with E-state index in [1.54, 1.807) is 0 Å². The third-order valence-corrected chi connectivity index (χ3v) is 3.96. The molecule has 0 fully saturated rings. The number of halogens is 2. The molecule has 0 aliphatic heterocycles. The van der Waals surface area contributed by atoms with Gasteiger partial charge in [-0.1, -0.05) is 59.8 Å². The van der Waals surface area contributed by atoms with Crippen LogP contribution in [-0.2, 0) is 0 Å². The van der Waals surface area contributed by atoms with E-state index in [9.17, 15) is 8.87 Å². The molecule has 0 radical (unpaired) electrons. The van der Waals surface area contributed by atoms with E-state index >= 15 is 0 Å². The highest BCUT2D eigenvalue weighted by molar-refractivity contribution is 4.94. The molecule has 0 spiro atoms. The molecule has 1 nitrogen and oxygen atoms in total. The lowest BCUT2D eigenvalue weighted by molar-refractivity contribution is -0.132. The van der Waals surface area contributed by atoms with E-state index in [4.69, 9.17) is 0 Å². The van der Waals surface area contributed by atoms with Crippen molar-refractivity contribution < 1.29 is 8.87 Å². The minimum Gasteiger partial charge on any atom is -0.245 e. The molecule has 0 rings (SSSR count). The van der Waals surface area contributed by atoms with E-state index in [2.05, 4.69) is 6.92 Å². The molecular weight excluding hydrogens is 244 g/mol. The molecule has 2 unspecified atom stereocenters. The fourth-order valence-electron chi connectivity index (χ4n) is 2.79. The Morgan fingerprint density at radius 2 is 1.53 bits per heavy atom. The monoisotopic (exact) mass is 277 g/mol. The lowest BCUT2D eigenvalue weighted by Gasteiger charge is -2.41. The summed E-state index contributed by atoms with van der Waals surface area (Å²) in [6.45, 7) is 8.48. The lowest BCUT2D eigenvalue weighted by Crippen LogP contribution is -2.52. The van der Waals surface area contributed by atoms with Crippen molar-refractivity contribution in [2.75, 3.05) is 6.54 Å². The van der Waals surface area contributed by atoms with Gasteiger partial charge in [-0.3, -0.25) is 0 Å². The second kappa shape index (κ2) is 10.6. The Bertz CT molecular complexity index is 211. The first-order valence-electron chi connectivity index (χ1n) is 8.16. The summed E-state index contributed by atoms with van der Waals surface area (Å²) >= 11 is 0. The molecule has 0 aliphatic rings. The third kappa shape index (κ3) is 5.76. The maximum atomic E-state index is 14.6. The molecule has 0 amide bonds. The van der Waals surface area contributed by atoms with E-state index in [1.165, 1.54) is 0 Å². The summed E-state index contributed by atoms with van der Waals surface area (Å²) in [7, 11) is 0. The summed E-state index contributed by atoms with van der Waals surface area (Å²) in [4.78, 5) is 0. The van der Waals surface area contributed by atoms with Crippen LogP contribution in [0.15, 0.2) is 0 Å². The SMILES string of the molecule is CCCCN(F)C(CCC)(CCCC)C(F)CCC. The van der Waals surface area contributed by atoms with Crippen LogP contribution in [-0.4, -0.2) is 23.4 Å². The Kier molecular flexibility index (Phi) is 10.5. The van der Waals surface area contributed by atoms with Gasteiger partial charge in [0.05, 0.1) is 5.54 Å². The summed E-state index contributed by atoms with van der Waals surface area (Å²) in [6, 6.07) is 0. The molecule has 0 aliphatic carbocycles. The van der Waals surface area contributed by atoms with Gasteiger partial charge in [0.1, 0.15) is 6.17 Å². The highest BCUT2D eigenvalue weighted by Crippen LogP contribution is 2.36. The van der Waals surface area contributed by atoms with Crippen molar-refractivity contribution in [1.82, 2.24) is 5.12 Å². The lowest BCUT2D eigenvalue weighted by atomic mass is 9.81. The van der Waals surface area contributed by atoms with Crippen molar-refractivity contribution in [2.45, 2.75) is 97.2 Å². The summed E-state index contributed by atoms with van der Waals surface area (Å²) in [5.74, 6) is 0. The van der Waals surface area contributed by atoms with Crippen LogP contribution in [0.1, 0.15) is 85.5 Å². The quantitative estimate of drug-likeness (QED) is 0.405. The third-order valence-electron chi connectivity index (χ3n) is 3.96. The molecule has 0 saturated carbocycles. The van der Waals surface area contributed by atoms with Gasteiger partial charge < -0.3 is 0 Å². The Morgan fingerprint density at radius 3 is 2.00 bits per heavy atom. The molecule has 2 atom stereocenters. The minimum atomic E-state index is -1.05. The largest absolute Gasteiger partial charge is 0.245 e. The summed E-state index contributed by atoms with van der Waals surface area (Å²) < 4.78 is 29.2. The van der Waals surface area contributed by atoms with Crippen LogP contribution in [0.4, 0.5) is 8.87 Å². The average molecular weight is 277 g/mol. The number of unbranched alkanes of at least 4 members (excludes halogenated alkanes) is 2. The zero-order chi connectivity index (χ0) is 14.7. The van der Waals surface area contributed by atoms with E-state index in [1.807, 2.05) is 20.8 Å². The van der Waals surface area contributed by atoms with Crippen LogP contribution in [0, 0.1) is 0 Å². The smallest absolute Gasteiger partial charge is 0.121 e. The normalized spacial score (nSPS) is 16.6. The Hall–Kier alpha value is -0.180. The van der Waals surface area contributed by atoms with Gasteiger partial charge in [-0.25, -0.2) is 4.39 Å². The predicted molar refractivity (Wildman–Crippen MR) is 79.7 cm³/mol. The fourth-order valence-corrected chi connectivity index (χ4v) is 2.79. The van der Waals surface area contributed by atoms with Crippen LogP contribution >= 0.6 is 0 Å². The molecule has 0 aromatic rings. The first-order chi connectivity index (χ1) is 9.08. The van der Waals surface area contributed by atoms with Gasteiger partial charge in [0.2, 0.25) is 0 Å². The van der Waals surface area contributed by atoms with Crippen LogP contribution < -0.4 is 0 Å². The van der Waals surface area contributed by atoms with Crippen LogP contribution in [0.2, 0.25) is 0 Å². The first kappa shape index (κ1) is 18.8. The number of hydrogen-bond donors (Lipinski definition) is 0. The van der Waals surface area contributed by atoms with Gasteiger partial charge >= 0.3 is 0 Å². The van der Waals surface area contributed by atoms with E-state index in [-0.39, 0.29) is 0 Å². The van der Waals surface area contributed by atoms with Gasteiger partial charge in [0, 0.05) is 6.54 Å². The summed E-state index contributed by atoms with van der Waals surface area (Å²) in [5, 5.41) is 0.843. The van der Waals surface area contributed by atoms with Crippen LogP contribution in [0.5, 0.6) is 0 Å². The highest BCUT2D eigenvalue weighted by Gasteiger charge is 2.43. The molecule has 0 saturated heterocycles. The first-order valence-corrected chi connectivity index (χ1v) is 8.16. The molecule has 116 valence electrons. The molecular formula is C16H33F2N. The van der Waals surface area contributed by atoms with Gasteiger partial charge in [-0.2, -0.15) is 0 Å². The Morgan fingerprint density at radius 1 is 0.895 bits per heavy atom. The van der Waals surface area contributed by atoms with E-state index in [0.29, 0.717) is 25.8 Å². The van der Waals surface area contributed by atoms with Crippen molar-refractivity contribution in [1.29, 1.82) is 0 Å². The minimum absolute atomic E-state index is 0.365. The van der Waals surface area contributed by atoms with Crippen molar-refractivity contribution in [3.8, 4) is 0 Å². The van der Waals surface area contributed by atoms with E-state index in [0.717, 1.165) is 43.6 Å². The molecule has 0 aromatic carbocycles. The fraction of sp³-hybridized carbons (Fsp3) is 1.00. The Balaban J connectivity index is 4.97. The maximum absolute atomic E-state index is 14.6. The topological polar surface area (TPSA) is 3.24 Å². The van der Waals surface area contributed by atoms with Crippen molar-refractivity contribution in [2.24, 2.45) is 0 Å². The summed E-state index contributed by atoms with van der Waals surface area (Å²) in [5.41, 5.74) is -0.879. The zero-order valence-electron chi connectivity index (χ0n) is 13.4. The molecule has 0 heterocycles. The average Bonchev–Trinajstić information content (AvgIpc) is 2.41. The van der Waals surface area contributed by atoms with Crippen molar-refractivity contribution in [3.05, 3.63) is 0 Å². The highest BCUT2D eigenvalue weighted by atomic mass is 19.2. The van der Waals surface area contributed by atoms with Gasteiger partial charge in [0.25, 0.3) is 0 Å². The van der Waals surface area contributed by atoms with Crippen molar-refractivity contribution in [3.63, 3.8) is 0 Å². The number of rotatable bonds is 12. The van der Waals surface area contributed by atoms with Gasteiger partial charge in [0.15, 0.2) is 0 Å².